The summed E-state index contributed by atoms with van der Waals surface area (Å²) in [6, 6.07) is 35.6. The first-order valence-electron chi connectivity index (χ1n) is 15.8. The van der Waals surface area contributed by atoms with Gasteiger partial charge in [0.25, 0.3) is 0 Å². The molecule has 10 rings (SSSR count). The molecule has 3 aromatic heterocycles. The minimum atomic E-state index is -1.05. The minimum absolute atomic E-state index is 0. The summed E-state index contributed by atoms with van der Waals surface area (Å²) < 4.78 is 6.35. The third-order valence-electron chi connectivity index (χ3n) is 8.85. The van der Waals surface area contributed by atoms with Crippen LogP contribution in [0, 0.1) is 0 Å². The van der Waals surface area contributed by atoms with Gasteiger partial charge in [0.1, 0.15) is 34.1 Å². The number of fused-ring (bicyclic) bond motifs is 20. The Kier molecular flexibility index (Phi) is 7.01. The molecule has 0 saturated heterocycles. The van der Waals surface area contributed by atoms with Crippen molar-refractivity contribution in [2.24, 2.45) is 0 Å². The number of hydrogen-bond donors (Lipinski definition) is 3. The van der Waals surface area contributed by atoms with Crippen LogP contribution in [0.1, 0.15) is 10.4 Å². The van der Waals surface area contributed by atoms with Gasteiger partial charge in [-0.25, -0.2) is 34.7 Å². The summed E-state index contributed by atoms with van der Waals surface area (Å²) in [5.74, 6) is 1.76. The van der Waals surface area contributed by atoms with Crippen LogP contribution in [-0.2, 0) is 19.5 Å². The van der Waals surface area contributed by atoms with Gasteiger partial charge in [0.2, 0.25) is 0 Å². The molecule has 0 spiro atoms. The Morgan fingerprint density at radius 2 is 0.961 bits per heavy atom. The van der Waals surface area contributed by atoms with E-state index in [2.05, 4.69) is 9.97 Å². The Labute approximate surface area is 300 Å². The number of aromatic nitrogens is 8. The van der Waals surface area contributed by atoms with Crippen LogP contribution in [0.4, 0.5) is 0 Å². The van der Waals surface area contributed by atoms with Crippen molar-refractivity contribution in [2.75, 3.05) is 0 Å². The Balaban J connectivity index is 0.00000348. The monoisotopic (exact) mass is 714 g/mol. The molecular formula is C39H22N8O3Zn. The van der Waals surface area contributed by atoms with E-state index in [0.29, 0.717) is 62.8 Å². The molecule has 5 aromatic carbocycles. The van der Waals surface area contributed by atoms with E-state index in [1.54, 1.807) is 12.1 Å². The Morgan fingerprint density at radius 1 is 0.510 bits per heavy atom. The van der Waals surface area contributed by atoms with E-state index in [4.69, 9.17) is 34.6 Å². The van der Waals surface area contributed by atoms with Crippen molar-refractivity contribution in [3.8, 4) is 57.1 Å². The van der Waals surface area contributed by atoms with Gasteiger partial charge < -0.3 is 19.8 Å². The summed E-state index contributed by atoms with van der Waals surface area (Å²) in [5, 5.41) is 12.8. The number of rotatable bonds is 3. The zero-order valence-corrected chi connectivity index (χ0v) is 29.6. The number of nitrogens with zero attached hydrogens (tertiary/aromatic N) is 6. The average molecular weight is 716 g/mol. The SMILES string of the molecule is O=C(O)c1cccc(Oc2cccc3c4nc5nc(nc6[nH]c(nc7nc(nc([nH]4)c23)-c2ccccc2-7)c2ccccc62)-c2ccccc2-5)c1.[Zn]. The van der Waals surface area contributed by atoms with Crippen LogP contribution in [0.2, 0.25) is 0 Å². The van der Waals surface area contributed by atoms with Crippen LogP contribution in [0.5, 0.6) is 11.5 Å². The van der Waals surface area contributed by atoms with Crippen LogP contribution >= 0.6 is 0 Å². The number of nitrogens with one attached hydrogen (secondary N) is 2. The second-order valence-electron chi connectivity index (χ2n) is 11.9. The molecule has 8 bridgehead atoms. The Bertz CT molecular complexity index is 2910. The summed E-state index contributed by atoms with van der Waals surface area (Å²) in [6.07, 6.45) is 0. The van der Waals surface area contributed by atoms with E-state index in [9.17, 15) is 9.90 Å². The maximum absolute atomic E-state index is 11.7. The standard InChI is InChI=1S/C39H22N8O3.Zn/c48-39(49)20-9-7-10-21(19-20)50-29-18-8-17-28-30(29)38-46-36-27-16-6-5-15-26(27)34(44-36)42-32-23-12-2-1-11-22(23)31(40-32)41-33-24-13-3-4-14-25(24)35(43-33)45-37(28)47-38;/h1-19H,(H,48,49)(H2,40,41,42,43,44,45,46,47);. The van der Waals surface area contributed by atoms with Crippen molar-refractivity contribution in [2.45, 2.75) is 0 Å². The molecule has 8 aromatic rings. The largest absolute Gasteiger partial charge is 0.478 e. The number of ether oxygens (including phenoxy) is 1. The number of H-pyrrole nitrogens is 2. The van der Waals surface area contributed by atoms with Gasteiger partial charge in [-0.05, 0) is 24.3 Å². The van der Waals surface area contributed by atoms with Gasteiger partial charge in [-0.1, -0.05) is 91.0 Å². The predicted molar refractivity (Wildman–Crippen MR) is 190 cm³/mol. The van der Waals surface area contributed by atoms with E-state index < -0.39 is 5.97 Å². The summed E-state index contributed by atoms with van der Waals surface area (Å²) in [5.41, 5.74) is 5.67. The molecule has 12 heteroatoms. The maximum Gasteiger partial charge on any atom is 0.335 e. The first-order chi connectivity index (χ1) is 24.6. The van der Waals surface area contributed by atoms with E-state index in [1.165, 1.54) is 12.1 Å². The molecule has 11 nitrogen and oxygen atoms in total. The predicted octanol–water partition coefficient (Wildman–Crippen LogP) is 8.36. The molecule has 5 heterocycles. The quantitative estimate of drug-likeness (QED) is 0.153. The first-order valence-corrected chi connectivity index (χ1v) is 15.8. The molecule has 0 atom stereocenters. The molecule has 0 amide bonds. The number of aromatic carboxylic acids is 1. The molecule has 0 radical (unpaired) electrons. The first kappa shape index (κ1) is 30.4. The van der Waals surface area contributed by atoms with Crippen molar-refractivity contribution >= 4 is 50.1 Å². The van der Waals surface area contributed by atoms with E-state index >= 15 is 0 Å². The van der Waals surface area contributed by atoms with Crippen LogP contribution < -0.4 is 4.74 Å². The number of carboxylic acids is 1. The molecular weight excluding hydrogens is 694 g/mol. The maximum atomic E-state index is 11.7. The molecule has 0 unspecified atom stereocenters. The van der Waals surface area contributed by atoms with Gasteiger partial charge in [0.05, 0.1) is 10.9 Å². The third-order valence-corrected chi connectivity index (χ3v) is 8.85. The van der Waals surface area contributed by atoms with Crippen molar-refractivity contribution < 1.29 is 34.1 Å². The Morgan fingerprint density at radius 3 is 1.51 bits per heavy atom. The molecule has 238 valence electrons. The summed E-state index contributed by atoms with van der Waals surface area (Å²) in [6.45, 7) is 0. The number of carboxylic acid groups (broad SMARTS) is 1. The van der Waals surface area contributed by atoms with Gasteiger partial charge in [0, 0.05) is 57.9 Å². The zero-order valence-electron chi connectivity index (χ0n) is 26.6. The van der Waals surface area contributed by atoms with E-state index in [1.807, 2.05) is 91.0 Å². The smallest absolute Gasteiger partial charge is 0.335 e. The number of aromatic amines is 2. The van der Waals surface area contributed by atoms with Crippen LogP contribution in [0.15, 0.2) is 115 Å². The second kappa shape index (κ2) is 11.8. The van der Waals surface area contributed by atoms with Gasteiger partial charge in [-0.2, -0.15) is 0 Å². The Hall–Kier alpha value is -6.65. The van der Waals surface area contributed by atoms with Gasteiger partial charge in [0.15, 0.2) is 23.3 Å². The molecule has 51 heavy (non-hydrogen) atoms. The zero-order chi connectivity index (χ0) is 33.3. The molecule has 2 aliphatic rings. The van der Waals surface area contributed by atoms with Crippen molar-refractivity contribution in [3.05, 3.63) is 121 Å². The normalized spacial score (nSPS) is 11.5. The minimum Gasteiger partial charge on any atom is -0.478 e. The number of hydrogen-bond acceptors (Lipinski definition) is 8. The number of benzene rings is 5. The van der Waals surface area contributed by atoms with Crippen molar-refractivity contribution in [1.29, 1.82) is 0 Å². The average Bonchev–Trinajstić information content (AvgIpc) is 3.88. The second-order valence-corrected chi connectivity index (χ2v) is 11.9. The molecule has 0 fully saturated rings. The van der Waals surface area contributed by atoms with E-state index in [0.717, 1.165) is 38.4 Å². The van der Waals surface area contributed by atoms with E-state index in [-0.39, 0.29) is 25.0 Å². The summed E-state index contributed by atoms with van der Waals surface area (Å²) >= 11 is 0. The molecule has 0 aliphatic carbocycles. The summed E-state index contributed by atoms with van der Waals surface area (Å²) in [4.78, 5) is 48.7. The van der Waals surface area contributed by atoms with Gasteiger partial charge in [-0.3, -0.25) is 0 Å². The van der Waals surface area contributed by atoms with Gasteiger partial charge >= 0.3 is 5.97 Å². The van der Waals surface area contributed by atoms with Crippen LogP contribution in [0.25, 0.3) is 89.7 Å². The van der Waals surface area contributed by atoms with Gasteiger partial charge in [-0.15, -0.1) is 0 Å². The van der Waals surface area contributed by atoms with Crippen molar-refractivity contribution in [1.82, 2.24) is 39.9 Å². The summed E-state index contributed by atoms with van der Waals surface area (Å²) in [7, 11) is 0. The molecule has 2 aliphatic heterocycles. The molecule has 0 saturated carbocycles. The number of carbonyl (C=O) groups is 1. The fourth-order valence-electron chi connectivity index (χ4n) is 6.56. The molecule has 3 N–H and O–H groups in total. The fraction of sp³-hybridized carbons (Fsp3) is 0. The van der Waals surface area contributed by atoms with Crippen LogP contribution in [0.3, 0.4) is 0 Å². The van der Waals surface area contributed by atoms with Crippen molar-refractivity contribution in [3.63, 3.8) is 0 Å². The third kappa shape index (κ3) is 4.95. The topological polar surface area (TPSA) is 155 Å². The van der Waals surface area contributed by atoms with Crippen LogP contribution in [-0.4, -0.2) is 50.9 Å². The fourth-order valence-corrected chi connectivity index (χ4v) is 6.56.